The summed E-state index contributed by atoms with van der Waals surface area (Å²) < 4.78 is 34.3. The molecule has 1 saturated heterocycles. The molecule has 1 aromatic heterocycles. The number of likely N-dealkylation sites (tertiary alicyclic amines) is 1. The lowest BCUT2D eigenvalue weighted by Gasteiger charge is -2.31. The van der Waals surface area contributed by atoms with Crippen LogP contribution < -0.4 is 19.3 Å². The largest absolute Gasteiger partial charge is 0.493 e. The highest BCUT2D eigenvalue weighted by atomic mass is 32.2. The summed E-state index contributed by atoms with van der Waals surface area (Å²) in [5, 5.41) is 4.90. The molecule has 1 aliphatic heterocycles. The van der Waals surface area contributed by atoms with Crippen LogP contribution in [0.25, 0.3) is 0 Å². The van der Waals surface area contributed by atoms with E-state index in [1.165, 1.54) is 20.4 Å². The third kappa shape index (κ3) is 5.55. The van der Waals surface area contributed by atoms with Gasteiger partial charge in [0, 0.05) is 25.7 Å². The van der Waals surface area contributed by atoms with Crippen molar-refractivity contribution in [1.29, 1.82) is 0 Å². The van der Waals surface area contributed by atoms with Gasteiger partial charge in [0.25, 0.3) is 16.1 Å². The van der Waals surface area contributed by atoms with E-state index in [0.29, 0.717) is 49.2 Å². The van der Waals surface area contributed by atoms with Crippen molar-refractivity contribution < 1.29 is 22.7 Å². The average molecular weight is 372 g/mol. The maximum absolute atomic E-state index is 12.6. The number of ether oxygens (including phenoxy) is 2. The highest BCUT2D eigenvalue weighted by Crippen LogP contribution is 2.27. The molecule has 1 fully saturated rings. The van der Waals surface area contributed by atoms with E-state index in [1.807, 2.05) is 0 Å². The molecule has 2 heterocycles. The fourth-order valence-electron chi connectivity index (χ4n) is 2.85. The first kappa shape index (κ1) is 19.4. The zero-order chi connectivity index (χ0) is 18.4. The van der Waals surface area contributed by atoms with Crippen LogP contribution in [-0.2, 0) is 10.2 Å². The number of nitrogens with one attached hydrogen (secondary N) is 1. The lowest BCUT2D eigenvalue weighted by atomic mass is 9.93. The zero-order valence-corrected chi connectivity index (χ0v) is 15.2. The zero-order valence-electron chi connectivity index (χ0n) is 14.4. The van der Waals surface area contributed by atoms with E-state index in [1.54, 1.807) is 11.0 Å². The van der Waals surface area contributed by atoms with E-state index in [0.717, 1.165) is 12.8 Å². The summed E-state index contributed by atoms with van der Waals surface area (Å²) in [6.07, 6.45) is 3.79. The van der Waals surface area contributed by atoms with E-state index in [-0.39, 0.29) is 5.91 Å². The number of carbonyl (C=O) groups excluding carboxylic acids is 1. The standard InChI is InChI=1S/C15H24N4O5S/c1-23-13-9-12(17-10-14(13)24-2)15(20)19-7-4-11(5-8-19)3-6-18-25(16,21)22/h9-11,18H,3-8H2,1-2H3,(H2,16,21,22). The molecule has 0 aromatic carbocycles. The summed E-state index contributed by atoms with van der Waals surface area (Å²) in [6, 6.07) is 1.57. The maximum Gasteiger partial charge on any atom is 0.274 e. The van der Waals surface area contributed by atoms with Crippen molar-refractivity contribution in [3.63, 3.8) is 0 Å². The maximum atomic E-state index is 12.6. The predicted octanol–water partition coefficient (Wildman–Crippen LogP) is 0.134. The molecule has 1 aromatic rings. The third-order valence-electron chi connectivity index (χ3n) is 4.25. The fraction of sp³-hybridized carbons (Fsp3) is 0.600. The molecule has 25 heavy (non-hydrogen) atoms. The van der Waals surface area contributed by atoms with E-state index < -0.39 is 10.2 Å². The first-order valence-electron chi connectivity index (χ1n) is 7.98. The fourth-order valence-corrected chi connectivity index (χ4v) is 3.25. The van der Waals surface area contributed by atoms with E-state index >= 15 is 0 Å². The second kappa shape index (κ2) is 8.45. The number of amides is 1. The van der Waals surface area contributed by atoms with Gasteiger partial charge in [0.15, 0.2) is 11.5 Å². The Hall–Kier alpha value is -1.91. The van der Waals surface area contributed by atoms with Gasteiger partial charge in [-0.2, -0.15) is 8.42 Å². The van der Waals surface area contributed by atoms with Crippen molar-refractivity contribution in [2.75, 3.05) is 33.9 Å². The van der Waals surface area contributed by atoms with Gasteiger partial charge in [0.05, 0.1) is 20.4 Å². The van der Waals surface area contributed by atoms with E-state index in [9.17, 15) is 13.2 Å². The smallest absolute Gasteiger partial charge is 0.274 e. The summed E-state index contributed by atoms with van der Waals surface area (Å²) in [4.78, 5) is 18.5. The number of rotatable bonds is 7. The van der Waals surface area contributed by atoms with Crippen molar-refractivity contribution >= 4 is 16.1 Å². The van der Waals surface area contributed by atoms with E-state index in [4.69, 9.17) is 14.6 Å². The minimum atomic E-state index is -3.64. The van der Waals surface area contributed by atoms with Crippen molar-refractivity contribution in [2.24, 2.45) is 11.1 Å². The first-order valence-corrected chi connectivity index (χ1v) is 9.53. The summed E-state index contributed by atoms with van der Waals surface area (Å²) in [5.41, 5.74) is 0.312. The van der Waals surface area contributed by atoms with Gasteiger partial charge in [-0.25, -0.2) is 14.8 Å². The van der Waals surface area contributed by atoms with Gasteiger partial charge in [-0.15, -0.1) is 0 Å². The molecular formula is C15H24N4O5S. The normalized spacial score (nSPS) is 15.9. The number of nitrogens with zero attached hydrogens (tertiary/aromatic N) is 2. The number of nitrogens with two attached hydrogens (primary N) is 1. The molecule has 0 saturated carbocycles. The molecule has 10 heteroatoms. The number of hydrogen-bond donors (Lipinski definition) is 2. The number of piperidine rings is 1. The Morgan fingerprint density at radius 2 is 1.96 bits per heavy atom. The van der Waals surface area contributed by atoms with Crippen LogP contribution in [0.5, 0.6) is 11.5 Å². The lowest BCUT2D eigenvalue weighted by Crippen LogP contribution is -2.40. The Bertz CT molecular complexity index is 702. The Labute approximate surface area is 147 Å². The summed E-state index contributed by atoms with van der Waals surface area (Å²) in [7, 11) is -0.625. The summed E-state index contributed by atoms with van der Waals surface area (Å²) >= 11 is 0. The van der Waals surface area contributed by atoms with Gasteiger partial charge in [-0.1, -0.05) is 0 Å². The minimum Gasteiger partial charge on any atom is -0.493 e. The van der Waals surface area contributed by atoms with Crippen LogP contribution >= 0.6 is 0 Å². The van der Waals surface area contributed by atoms with Crippen molar-refractivity contribution in [1.82, 2.24) is 14.6 Å². The molecule has 9 nitrogen and oxygen atoms in total. The van der Waals surface area contributed by atoms with Crippen LogP contribution in [-0.4, -0.2) is 58.1 Å². The molecule has 140 valence electrons. The van der Waals surface area contributed by atoms with Crippen molar-refractivity contribution in [2.45, 2.75) is 19.3 Å². The average Bonchev–Trinajstić information content (AvgIpc) is 2.60. The molecule has 0 radical (unpaired) electrons. The van der Waals surface area contributed by atoms with Crippen LogP contribution in [0.2, 0.25) is 0 Å². The Balaban J connectivity index is 1.89. The SMILES string of the molecule is COc1cnc(C(=O)N2CCC(CCNS(N)(=O)=O)CC2)cc1OC. The molecule has 3 N–H and O–H groups in total. The first-order chi connectivity index (χ1) is 11.8. The summed E-state index contributed by atoms with van der Waals surface area (Å²) in [5.74, 6) is 1.14. The van der Waals surface area contributed by atoms with Gasteiger partial charge in [0.1, 0.15) is 5.69 Å². The second-order valence-electron chi connectivity index (χ2n) is 5.89. The molecule has 0 atom stereocenters. The van der Waals surface area contributed by atoms with Gasteiger partial charge < -0.3 is 14.4 Å². The molecule has 0 unspecified atom stereocenters. The third-order valence-corrected chi connectivity index (χ3v) is 4.85. The molecule has 0 aliphatic carbocycles. The Morgan fingerprint density at radius 3 is 2.52 bits per heavy atom. The Kier molecular flexibility index (Phi) is 6.57. The molecule has 1 amide bonds. The number of aromatic nitrogens is 1. The highest BCUT2D eigenvalue weighted by Gasteiger charge is 2.25. The number of carbonyl (C=O) groups is 1. The lowest BCUT2D eigenvalue weighted by molar-refractivity contribution is 0.0681. The quantitative estimate of drug-likeness (QED) is 0.701. The highest BCUT2D eigenvalue weighted by molar-refractivity contribution is 7.87. The predicted molar refractivity (Wildman–Crippen MR) is 91.7 cm³/mol. The van der Waals surface area contributed by atoms with Crippen LogP contribution in [0.1, 0.15) is 29.8 Å². The number of hydrogen-bond acceptors (Lipinski definition) is 6. The molecule has 0 spiro atoms. The molecule has 0 bridgehead atoms. The number of pyridine rings is 1. The molecular weight excluding hydrogens is 348 g/mol. The van der Waals surface area contributed by atoms with Gasteiger partial charge in [-0.3, -0.25) is 4.79 Å². The second-order valence-corrected chi connectivity index (χ2v) is 7.27. The van der Waals surface area contributed by atoms with Crippen LogP contribution in [0, 0.1) is 5.92 Å². The topological polar surface area (TPSA) is 124 Å². The van der Waals surface area contributed by atoms with Crippen LogP contribution in [0.3, 0.4) is 0 Å². The van der Waals surface area contributed by atoms with Gasteiger partial charge >= 0.3 is 0 Å². The van der Waals surface area contributed by atoms with Gasteiger partial charge in [-0.05, 0) is 25.2 Å². The number of methoxy groups -OCH3 is 2. The van der Waals surface area contributed by atoms with Gasteiger partial charge in [0.2, 0.25) is 0 Å². The minimum absolute atomic E-state index is 0.151. The molecule has 2 rings (SSSR count). The van der Waals surface area contributed by atoms with E-state index in [2.05, 4.69) is 9.71 Å². The van der Waals surface area contributed by atoms with Crippen molar-refractivity contribution in [3.8, 4) is 11.5 Å². The molecule has 1 aliphatic rings. The Morgan fingerprint density at radius 1 is 1.32 bits per heavy atom. The van der Waals surface area contributed by atoms with Crippen LogP contribution in [0.15, 0.2) is 12.3 Å². The monoisotopic (exact) mass is 372 g/mol. The summed E-state index contributed by atoms with van der Waals surface area (Å²) in [6.45, 7) is 1.53. The van der Waals surface area contributed by atoms with Crippen LogP contribution in [0.4, 0.5) is 0 Å². The van der Waals surface area contributed by atoms with Crippen molar-refractivity contribution in [3.05, 3.63) is 18.0 Å².